The molecule has 0 aliphatic rings. The molecule has 3 nitrogen and oxygen atoms in total. The molecule has 0 aromatic heterocycles. The van der Waals surface area contributed by atoms with Gasteiger partial charge in [0.05, 0.1) is 10.6 Å². The fourth-order valence-corrected chi connectivity index (χ4v) is 3.89. The molecule has 3 rings (SSSR count). The van der Waals surface area contributed by atoms with Gasteiger partial charge in [0.15, 0.2) is 0 Å². The Hall–Kier alpha value is -2.59. The largest absolute Gasteiger partial charge is 0.269 e. The minimum atomic E-state index is -3.56. The number of rotatable bonds is 4. The standard InChI is InChI=1S/C21H21NO2S/c1-16-7-13-21(14-8-16)25(23,24)22(3)20-11-9-18(10-12-20)19-6-4-5-17(2)15-19/h4-15H,1-3H3. The van der Waals surface area contributed by atoms with Crippen LogP contribution in [0.15, 0.2) is 77.7 Å². The Balaban J connectivity index is 1.90. The van der Waals surface area contributed by atoms with Crippen molar-refractivity contribution >= 4 is 15.7 Å². The summed E-state index contributed by atoms with van der Waals surface area (Å²) in [6.45, 7) is 3.99. The second-order valence-corrected chi connectivity index (χ2v) is 8.17. The fraction of sp³-hybridized carbons (Fsp3) is 0.143. The molecule has 0 aliphatic carbocycles. The summed E-state index contributed by atoms with van der Waals surface area (Å²) in [5, 5.41) is 0. The molecule has 0 spiro atoms. The number of sulfonamides is 1. The zero-order chi connectivity index (χ0) is 18.0. The molecule has 0 bridgehead atoms. The van der Waals surface area contributed by atoms with Gasteiger partial charge in [-0.3, -0.25) is 4.31 Å². The van der Waals surface area contributed by atoms with Gasteiger partial charge >= 0.3 is 0 Å². The van der Waals surface area contributed by atoms with Gasteiger partial charge in [0, 0.05) is 7.05 Å². The topological polar surface area (TPSA) is 37.4 Å². The van der Waals surface area contributed by atoms with Gasteiger partial charge in [0.25, 0.3) is 10.0 Å². The lowest BCUT2D eigenvalue weighted by atomic mass is 10.0. The van der Waals surface area contributed by atoms with Gasteiger partial charge in [-0.25, -0.2) is 8.42 Å². The Kier molecular flexibility index (Phi) is 4.64. The summed E-state index contributed by atoms with van der Waals surface area (Å²) in [6, 6.07) is 22.7. The zero-order valence-corrected chi connectivity index (χ0v) is 15.4. The Morgan fingerprint density at radius 3 is 1.96 bits per heavy atom. The van der Waals surface area contributed by atoms with Crippen LogP contribution in [0, 0.1) is 13.8 Å². The molecule has 0 N–H and O–H groups in total. The van der Waals surface area contributed by atoms with Crippen LogP contribution in [-0.4, -0.2) is 15.5 Å². The van der Waals surface area contributed by atoms with Gasteiger partial charge in [0.1, 0.15) is 0 Å². The molecule has 0 amide bonds. The Labute approximate surface area is 149 Å². The van der Waals surface area contributed by atoms with Gasteiger partial charge < -0.3 is 0 Å². The first-order valence-electron chi connectivity index (χ1n) is 8.10. The lowest BCUT2D eigenvalue weighted by Crippen LogP contribution is -2.26. The Morgan fingerprint density at radius 2 is 1.36 bits per heavy atom. The maximum Gasteiger partial charge on any atom is 0.264 e. The molecule has 0 saturated carbocycles. The summed E-state index contributed by atoms with van der Waals surface area (Å²) in [5.74, 6) is 0. The van der Waals surface area contributed by atoms with Crippen LogP contribution >= 0.6 is 0 Å². The quantitative estimate of drug-likeness (QED) is 0.677. The molecule has 0 aliphatic heterocycles. The van der Waals surface area contributed by atoms with E-state index in [1.54, 1.807) is 19.2 Å². The van der Waals surface area contributed by atoms with Crippen LogP contribution in [0.25, 0.3) is 11.1 Å². The lowest BCUT2D eigenvalue weighted by molar-refractivity contribution is 0.594. The summed E-state index contributed by atoms with van der Waals surface area (Å²) in [6.07, 6.45) is 0. The van der Waals surface area contributed by atoms with Crippen LogP contribution in [0.2, 0.25) is 0 Å². The van der Waals surface area contributed by atoms with Crippen LogP contribution in [-0.2, 0) is 10.0 Å². The van der Waals surface area contributed by atoms with E-state index in [0.29, 0.717) is 10.6 Å². The van der Waals surface area contributed by atoms with Crippen molar-refractivity contribution in [2.75, 3.05) is 11.4 Å². The van der Waals surface area contributed by atoms with E-state index in [4.69, 9.17) is 0 Å². The van der Waals surface area contributed by atoms with Gasteiger partial charge in [0.2, 0.25) is 0 Å². The minimum Gasteiger partial charge on any atom is -0.269 e. The average molecular weight is 351 g/mol. The predicted molar refractivity (Wildman–Crippen MR) is 103 cm³/mol. The summed E-state index contributed by atoms with van der Waals surface area (Å²) in [5.41, 5.74) is 5.05. The van der Waals surface area contributed by atoms with Gasteiger partial charge in [-0.15, -0.1) is 0 Å². The summed E-state index contributed by atoms with van der Waals surface area (Å²) in [4.78, 5) is 0.295. The van der Waals surface area contributed by atoms with E-state index in [9.17, 15) is 8.42 Å². The molecule has 0 unspecified atom stereocenters. The normalized spacial score (nSPS) is 11.3. The highest BCUT2D eigenvalue weighted by Crippen LogP contribution is 2.26. The third-order valence-corrected chi connectivity index (χ3v) is 6.06. The number of nitrogens with zero attached hydrogens (tertiary/aromatic N) is 1. The van der Waals surface area contributed by atoms with Crippen molar-refractivity contribution in [3.8, 4) is 11.1 Å². The molecule has 0 radical (unpaired) electrons. The van der Waals surface area contributed by atoms with Gasteiger partial charge in [-0.1, -0.05) is 59.7 Å². The smallest absolute Gasteiger partial charge is 0.264 e. The van der Waals surface area contributed by atoms with E-state index in [1.165, 1.54) is 9.87 Å². The van der Waals surface area contributed by atoms with E-state index in [2.05, 4.69) is 25.1 Å². The van der Waals surface area contributed by atoms with E-state index in [1.807, 2.05) is 49.4 Å². The number of benzene rings is 3. The van der Waals surface area contributed by atoms with E-state index < -0.39 is 10.0 Å². The maximum atomic E-state index is 12.8. The first-order chi connectivity index (χ1) is 11.9. The lowest BCUT2D eigenvalue weighted by Gasteiger charge is -2.20. The molecule has 3 aromatic rings. The number of hydrogen-bond acceptors (Lipinski definition) is 2. The average Bonchev–Trinajstić information content (AvgIpc) is 2.61. The molecule has 0 atom stereocenters. The maximum absolute atomic E-state index is 12.8. The second-order valence-electron chi connectivity index (χ2n) is 6.20. The molecule has 25 heavy (non-hydrogen) atoms. The van der Waals surface area contributed by atoms with E-state index in [0.717, 1.165) is 16.7 Å². The van der Waals surface area contributed by atoms with Crippen LogP contribution < -0.4 is 4.31 Å². The SMILES string of the molecule is Cc1ccc(S(=O)(=O)N(C)c2ccc(-c3cccc(C)c3)cc2)cc1. The van der Waals surface area contributed by atoms with Crippen LogP contribution in [0.5, 0.6) is 0 Å². The second kappa shape index (κ2) is 6.73. The first-order valence-corrected chi connectivity index (χ1v) is 9.55. The predicted octanol–water partition coefficient (Wildman–Crippen LogP) is 4.80. The number of hydrogen-bond donors (Lipinski definition) is 0. The number of aryl methyl sites for hydroxylation is 2. The highest BCUT2D eigenvalue weighted by atomic mass is 32.2. The van der Waals surface area contributed by atoms with Crippen molar-refractivity contribution in [1.82, 2.24) is 0 Å². The molecule has 3 aromatic carbocycles. The molecule has 128 valence electrons. The highest BCUT2D eigenvalue weighted by Gasteiger charge is 2.21. The fourth-order valence-electron chi connectivity index (χ4n) is 2.70. The van der Waals surface area contributed by atoms with Crippen molar-refractivity contribution in [3.05, 3.63) is 83.9 Å². The van der Waals surface area contributed by atoms with Crippen LogP contribution in [0.4, 0.5) is 5.69 Å². The van der Waals surface area contributed by atoms with Gasteiger partial charge in [-0.05, 0) is 49.2 Å². The van der Waals surface area contributed by atoms with Crippen LogP contribution in [0.3, 0.4) is 0 Å². The summed E-state index contributed by atoms with van der Waals surface area (Å²) < 4.78 is 26.9. The molecule has 0 fully saturated rings. The van der Waals surface area contributed by atoms with Crippen LogP contribution in [0.1, 0.15) is 11.1 Å². The number of anilines is 1. The van der Waals surface area contributed by atoms with E-state index in [-0.39, 0.29) is 0 Å². The van der Waals surface area contributed by atoms with Gasteiger partial charge in [-0.2, -0.15) is 0 Å². The molecular formula is C21H21NO2S. The highest BCUT2D eigenvalue weighted by molar-refractivity contribution is 7.92. The summed E-state index contributed by atoms with van der Waals surface area (Å²) in [7, 11) is -1.98. The van der Waals surface area contributed by atoms with Crippen molar-refractivity contribution in [3.63, 3.8) is 0 Å². The monoisotopic (exact) mass is 351 g/mol. The van der Waals surface area contributed by atoms with Crippen molar-refractivity contribution < 1.29 is 8.42 Å². The molecule has 4 heteroatoms. The third-order valence-electron chi connectivity index (χ3n) is 4.26. The Bertz CT molecular complexity index is 975. The molecular weight excluding hydrogens is 330 g/mol. The Morgan fingerprint density at radius 1 is 0.720 bits per heavy atom. The first kappa shape index (κ1) is 17.2. The molecule has 0 heterocycles. The minimum absolute atomic E-state index is 0.295. The zero-order valence-electron chi connectivity index (χ0n) is 14.6. The van der Waals surface area contributed by atoms with Crippen molar-refractivity contribution in [2.45, 2.75) is 18.7 Å². The van der Waals surface area contributed by atoms with Crippen molar-refractivity contribution in [2.24, 2.45) is 0 Å². The van der Waals surface area contributed by atoms with Crippen molar-refractivity contribution in [1.29, 1.82) is 0 Å². The molecule has 0 saturated heterocycles. The summed E-state index contributed by atoms with van der Waals surface area (Å²) >= 11 is 0. The van der Waals surface area contributed by atoms with E-state index >= 15 is 0 Å². The third kappa shape index (κ3) is 3.59.